The number of allylic oxidation sites excluding steroid dienone is 1. The third-order valence-corrected chi connectivity index (χ3v) is 5.65. The van der Waals surface area contributed by atoms with Crippen LogP contribution in [-0.4, -0.2) is 53.1 Å². The van der Waals surface area contributed by atoms with Crippen LogP contribution in [0.5, 0.6) is 11.8 Å². The first-order valence-electron chi connectivity index (χ1n) is 10.6. The largest absolute Gasteiger partial charge is 0.429 e. The molecule has 166 valence electrons. The van der Waals surface area contributed by atoms with Crippen molar-refractivity contribution in [2.24, 2.45) is 0 Å². The minimum atomic E-state index is -0.283. The Bertz CT molecular complexity index is 1180. The summed E-state index contributed by atoms with van der Waals surface area (Å²) in [6.45, 7) is 7.35. The van der Waals surface area contributed by atoms with Crippen molar-refractivity contribution in [1.29, 1.82) is 0 Å². The number of aryl methyl sites for hydroxylation is 1. The maximum Gasteiger partial charge on any atom is 0.325 e. The van der Waals surface area contributed by atoms with Crippen molar-refractivity contribution >= 4 is 23.7 Å². The van der Waals surface area contributed by atoms with E-state index in [2.05, 4.69) is 37.1 Å². The van der Waals surface area contributed by atoms with Crippen LogP contribution < -0.4 is 15.0 Å². The maximum absolute atomic E-state index is 14.6. The Morgan fingerprint density at radius 2 is 1.91 bits per heavy atom. The number of fused-ring (bicyclic) bond motifs is 1. The van der Waals surface area contributed by atoms with Crippen molar-refractivity contribution in [3.8, 4) is 11.8 Å². The predicted octanol–water partition coefficient (Wildman–Crippen LogP) is 4.16. The maximum atomic E-state index is 14.6. The summed E-state index contributed by atoms with van der Waals surface area (Å²) in [7, 11) is 2.10. The molecule has 0 bridgehead atoms. The molecular formula is C23H25FN6O2. The van der Waals surface area contributed by atoms with Crippen LogP contribution in [0.4, 0.5) is 22.0 Å². The zero-order valence-corrected chi connectivity index (χ0v) is 18.4. The number of hydrogen-bond donors (Lipinski definition) is 1. The van der Waals surface area contributed by atoms with Gasteiger partial charge in [0, 0.05) is 38.3 Å². The molecule has 5 rings (SSSR count). The number of halogens is 1. The summed E-state index contributed by atoms with van der Waals surface area (Å²) in [6.07, 6.45) is 4.23. The lowest BCUT2D eigenvalue weighted by Crippen LogP contribution is -2.44. The highest BCUT2D eigenvalue weighted by Gasteiger charge is 2.20. The minimum Gasteiger partial charge on any atom is -0.429 e. The lowest BCUT2D eigenvalue weighted by Gasteiger charge is -2.33. The molecule has 2 aromatic heterocycles. The second kappa shape index (κ2) is 8.23. The first kappa shape index (κ1) is 20.4. The predicted molar refractivity (Wildman–Crippen MR) is 120 cm³/mol. The average molecular weight is 436 g/mol. The second-order valence-corrected chi connectivity index (χ2v) is 8.33. The molecular weight excluding hydrogens is 411 g/mol. The van der Waals surface area contributed by atoms with Crippen LogP contribution in [0.2, 0.25) is 0 Å². The molecule has 0 radical (unpaired) electrons. The van der Waals surface area contributed by atoms with E-state index in [1.165, 1.54) is 6.07 Å². The van der Waals surface area contributed by atoms with Crippen molar-refractivity contribution in [2.75, 3.05) is 43.4 Å². The fourth-order valence-electron chi connectivity index (χ4n) is 3.95. The Morgan fingerprint density at radius 1 is 1.09 bits per heavy atom. The molecule has 2 aliphatic rings. The Hall–Kier alpha value is -3.46. The standard InChI is InChI=1S/C23H25FN6O2/c1-14-8-16-10-17(11-19(24)18(16)9-14)32-23-27-20(26-22-25-13-15(2)31-22)12-21(28-23)30-6-4-29(3)5-7-30/h8,10-13H,4-7,9H2,1-3H3,(H,25,26,27,28). The van der Waals surface area contributed by atoms with E-state index in [1.807, 2.05) is 32.1 Å². The van der Waals surface area contributed by atoms with Gasteiger partial charge >= 0.3 is 6.01 Å². The number of oxazole rings is 1. The van der Waals surface area contributed by atoms with Crippen LogP contribution in [0.1, 0.15) is 23.8 Å². The van der Waals surface area contributed by atoms with E-state index in [0.717, 1.165) is 43.1 Å². The molecule has 3 heterocycles. The van der Waals surface area contributed by atoms with E-state index in [-0.39, 0.29) is 11.8 Å². The first-order chi connectivity index (χ1) is 15.4. The topological polar surface area (TPSA) is 79.5 Å². The smallest absolute Gasteiger partial charge is 0.325 e. The SMILES string of the molecule is CC1=Cc2cc(Oc3nc(Nc4ncc(C)o4)cc(N4CCN(C)CC4)n3)cc(F)c2C1. The zero-order valence-electron chi connectivity index (χ0n) is 18.4. The van der Waals surface area contributed by atoms with E-state index >= 15 is 0 Å². The Balaban J connectivity index is 1.46. The van der Waals surface area contributed by atoms with E-state index in [1.54, 1.807) is 6.20 Å². The lowest BCUT2D eigenvalue weighted by molar-refractivity contribution is 0.311. The summed E-state index contributed by atoms with van der Waals surface area (Å²) >= 11 is 0. The molecule has 0 unspecified atom stereocenters. The molecule has 0 atom stereocenters. The van der Waals surface area contributed by atoms with E-state index < -0.39 is 0 Å². The van der Waals surface area contributed by atoms with Gasteiger partial charge < -0.3 is 19.0 Å². The van der Waals surface area contributed by atoms with Crippen LogP contribution >= 0.6 is 0 Å². The van der Waals surface area contributed by atoms with Gasteiger partial charge in [-0.3, -0.25) is 5.32 Å². The molecule has 1 N–H and O–H groups in total. The summed E-state index contributed by atoms with van der Waals surface area (Å²) in [5.41, 5.74) is 2.65. The van der Waals surface area contributed by atoms with Gasteiger partial charge in [-0.25, -0.2) is 9.37 Å². The number of nitrogens with one attached hydrogen (secondary N) is 1. The molecule has 32 heavy (non-hydrogen) atoms. The molecule has 1 aromatic carbocycles. The summed E-state index contributed by atoms with van der Waals surface area (Å²) < 4.78 is 26.1. The molecule has 1 saturated heterocycles. The normalized spacial score (nSPS) is 16.1. The highest BCUT2D eigenvalue weighted by molar-refractivity contribution is 5.65. The Morgan fingerprint density at radius 3 is 2.66 bits per heavy atom. The number of benzene rings is 1. The fraction of sp³-hybridized carbons (Fsp3) is 0.348. The number of rotatable bonds is 5. The van der Waals surface area contributed by atoms with Crippen LogP contribution in [0.15, 0.2) is 34.4 Å². The van der Waals surface area contributed by atoms with Crippen molar-refractivity contribution in [2.45, 2.75) is 20.3 Å². The van der Waals surface area contributed by atoms with Crippen molar-refractivity contribution in [3.63, 3.8) is 0 Å². The molecule has 0 amide bonds. The van der Waals surface area contributed by atoms with Gasteiger partial charge in [-0.15, -0.1) is 0 Å². The highest BCUT2D eigenvalue weighted by Crippen LogP contribution is 2.33. The number of piperazine rings is 1. The van der Waals surface area contributed by atoms with Gasteiger partial charge in [-0.05, 0) is 44.5 Å². The molecule has 3 aromatic rings. The van der Waals surface area contributed by atoms with Gasteiger partial charge in [-0.2, -0.15) is 9.97 Å². The van der Waals surface area contributed by atoms with Gasteiger partial charge in [0.1, 0.15) is 29.0 Å². The summed E-state index contributed by atoms with van der Waals surface area (Å²) in [6, 6.07) is 5.52. The molecule has 1 aliphatic carbocycles. The number of hydrogen-bond acceptors (Lipinski definition) is 8. The van der Waals surface area contributed by atoms with Crippen LogP contribution in [0.3, 0.4) is 0 Å². The quantitative estimate of drug-likeness (QED) is 0.639. The fourth-order valence-corrected chi connectivity index (χ4v) is 3.95. The first-order valence-corrected chi connectivity index (χ1v) is 10.6. The van der Waals surface area contributed by atoms with Gasteiger partial charge in [0.05, 0.1) is 6.20 Å². The number of anilines is 3. The van der Waals surface area contributed by atoms with E-state index in [9.17, 15) is 4.39 Å². The molecule has 8 nitrogen and oxygen atoms in total. The van der Waals surface area contributed by atoms with Gasteiger partial charge in [-0.1, -0.05) is 11.6 Å². The third kappa shape index (κ3) is 4.29. The molecule has 0 saturated carbocycles. The summed E-state index contributed by atoms with van der Waals surface area (Å²) in [5, 5.41) is 3.07. The van der Waals surface area contributed by atoms with Crippen molar-refractivity contribution < 1.29 is 13.5 Å². The minimum absolute atomic E-state index is 0.130. The third-order valence-electron chi connectivity index (χ3n) is 5.65. The number of nitrogens with zero attached hydrogens (tertiary/aromatic N) is 5. The van der Waals surface area contributed by atoms with Crippen LogP contribution in [0.25, 0.3) is 6.08 Å². The summed E-state index contributed by atoms with van der Waals surface area (Å²) in [5.74, 6) is 1.98. The van der Waals surface area contributed by atoms with E-state index in [4.69, 9.17) is 9.15 Å². The van der Waals surface area contributed by atoms with Crippen LogP contribution in [-0.2, 0) is 6.42 Å². The van der Waals surface area contributed by atoms with Crippen molar-refractivity contribution in [3.05, 3.63) is 52.7 Å². The monoisotopic (exact) mass is 436 g/mol. The van der Waals surface area contributed by atoms with Gasteiger partial charge in [0.15, 0.2) is 0 Å². The highest BCUT2D eigenvalue weighted by atomic mass is 19.1. The number of aromatic nitrogens is 3. The number of likely N-dealkylation sites (N-methyl/N-ethyl adjacent to an activating group) is 1. The summed E-state index contributed by atoms with van der Waals surface area (Å²) in [4.78, 5) is 17.7. The lowest BCUT2D eigenvalue weighted by atomic mass is 10.1. The number of ether oxygens (including phenoxy) is 1. The zero-order chi connectivity index (χ0) is 22.2. The van der Waals surface area contributed by atoms with Crippen molar-refractivity contribution in [1.82, 2.24) is 19.9 Å². The molecule has 1 fully saturated rings. The van der Waals surface area contributed by atoms with Gasteiger partial charge in [0.2, 0.25) is 0 Å². The van der Waals surface area contributed by atoms with Crippen LogP contribution in [0, 0.1) is 12.7 Å². The van der Waals surface area contributed by atoms with E-state index in [0.29, 0.717) is 35.3 Å². The second-order valence-electron chi connectivity index (χ2n) is 8.33. The molecule has 0 spiro atoms. The van der Waals surface area contributed by atoms with Gasteiger partial charge in [0.25, 0.3) is 6.01 Å². The average Bonchev–Trinajstić information content (AvgIpc) is 3.33. The Labute approximate surface area is 185 Å². The molecule has 9 heteroatoms. The molecule has 1 aliphatic heterocycles. The Kier molecular flexibility index (Phi) is 5.26.